The molecule has 1 aliphatic heterocycles. The summed E-state index contributed by atoms with van der Waals surface area (Å²) in [6, 6.07) is 5.43. The van der Waals surface area contributed by atoms with Crippen LogP contribution in [0.15, 0.2) is 18.2 Å². The number of ether oxygens (including phenoxy) is 1. The molecule has 0 aliphatic carbocycles. The number of imidazole rings is 1. The molecule has 1 fully saturated rings. The minimum Gasteiger partial charge on any atom is -0.383 e. The van der Waals surface area contributed by atoms with E-state index in [1.165, 1.54) is 4.31 Å². The normalized spacial score (nSPS) is 19.0. The van der Waals surface area contributed by atoms with Gasteiger partial charge in [-0.1, -0.05) is 11.6 Å². The molecule has 0 radical (unpaired) electrons. The van der Waals surface area contributed by atoms with Crippen molar-refractivity contribution in [1.29, 1.82) is 0 Å². The molecule has 1 aromatic carbocycles. The number of aromatic amines is 1. The minimum absolute atomic E-state index is 0.0670. The first-order valence-corrected chi connectivity index (χ1v) is 10.2. The molecular formula is C16H23ClN4O3S. The monoisotopic (exact) mass is 386 g/mol. The van der Waals surface area contributed by atoms with Crippen molar-refractivity contribution in [3.63, 3.8) is 0 Å². The smallest absolute Gasteiger partial charge is 0.279 e. The topological polar surface area (TPSA) is 87.3 Å². The Morgan fingerprint density at radius 2 is 2.32 bits per heavy atom. The average Bonchev–Trinajstić information content (AvgIpc) is 3.18. The Morgan fingerprint density at radius 3 is 3.12 bits per heavy atom. The van der Waals surface area contributed by atoms with E-state index >= 15 is 0 Å². The van der Waals surface area contributed by atoms with Gasteiger partial charge in [-0.05, 0) is 37.5 Å². The molecule has 2 N–H and O–H groups in total. The maximum atomic E-state index is 12.4. The van der Waals surface area contributed by atoms with E-state index in [0.29, 0.717) is 37.6 Å². The van der Waals surface area contributed by atoms with Crippen molar-refractivity contribution in [2.24, 2.45) is 0 Å². The lowest BCUT2D eigenvalue weighted by atomic mass is 10.2. The Labute approximate surface area is 152 Å². The summed E-state index contributed by atoms with van der Waals surface area (Å²) < 4.78 is 34.2. The van der Waals surface area contributed by atoms with Gasteiger partial charge in [0.15, 0.2) is 0 Å². The van der Waals surface area contributed by atoms with Crippen LogP contribution in [0.1, 0.15) is 25.1 Å². The van der Waals surface area contributed by atoms with Crippen LogP contribution in [-0.2, 0) is 21.4 Å². The molecule has 9 heteroatoms. The summed E-state index contributed by atoms with van der Waals surface area (Å²) in [5.74, 6) is 0.829. The number of aromatic nitrogens is 2. The van der Waals surface area contributed by atoms with Gasteiger partial charge < -0.3 is 9.72 Å². The van der Waals surface area contributed by atoms with Crippen LogP contribution in [0.25, 0.3) is 11.0 Å². The number of benzene rings is 1. The molecule has 2 heterocycles. The largest absolute Gasteiger partial charge is 0.383 e. The second kappa shape index (κ2) is 8.01. The lowest BCUT2D eigenvalue weighted by Gasteiger charge is -2.23. The molecule has 1 aromatic heterocycles. The molecule has 1 unspecified atom stereocenters. The predicted molar refractivity (Wildman–Crippen MR) is 98.0 cm³/mol. The number of hydrogen-bond acceptors (Lipinski definition) is 4. The first-order chi connectivity index (χ1) is 12.0. The number of halogens is 1. The number of fused-ring (bicyclic) bond motifs is 1. The number of rotatable bonds is 8. The molecule has 138 valence electrons. The summed E-state index contributed by atoms with van der Waals surface area (Å²) in [6.07, 6.45) is 3.04. The molecule has 7 nitrogen and oxygen atoms in total. The number of H-pyrrole nitrogens is 1. The summed E-state index contributed by atoms with van der Waals surface area (Å²) in [5, 5.41) is 0.659. The predicted octanol–water partition coefficient (Wildman–Crippen LogP) is 2.09. The Balaban J connectivity index is 1.51. The van der Waals surface area contributed by atoms with Crippen LogP contribution in [0, 0.1) is 0 Å². The molecule has 0 saturated carbocycles. The summed E-state index contributed by atoms with van der Waals surface area (Å²) in [6.45, 7) is 1.35. The SMILES string of the molecule is COCC1CCCN1S(=O)(=O)NCCCc1nc2ccc(Cl)cc2[nH]1. The second-order valence-corrected chi connectivity index (χ2v) is 8.35. The van der Waals surface area contributed by atoms with E-state index in [0.717, 1.165) is 29.7 Å². The van der Waals surface area contributed by atoms with Gasteiger partial charge in [0.1, 0.15) is 5.82 Å². The van der Waals surface area contributed by atoms with E-state index in [4.69, 9.17) is 16.3 Å². The van der Waals surface area contributed by atoms with Gasteiger partial charge >= 0.3 is 0 Å². The molecule has 0 bridgehead atoms. The first-order valence-electron chi connectivity index (χ1n) is 8.39. The van der Waals surface area contributed by atoms with E-state index in [1.54, 1.807) is 13.2 Å². The van der Waals surface area contributed by atoms with Gasteiger partial charge in [-0.15, -0.1) is 0 Å². The Kier molecular flexibility index (Phi) is 5.96. The zero-order valence-corrected chi connectivity index (χ0v) is 15.7. The molecule has 2 aromatic rings. The van der Waals surface area contributed by atoms with Gasteiger partial charge in [-0.25, -0.2) is 9.71 Å². The third kappa shape index (κ3) is 4.51. The minimum atomic E-state index is -3.46. The highest BCUT2D eigenvalue weighted by Crippen LogP contribution is 2.20. The van der Waals surface area contributed by atoms with E-state index in [1.807, 2.05) is 12.1 Å². The number of nitrogens with one attached hydrogen (secondary N) is 2. The van der Waals surface area contributed by atoms with Crippen LogP contribution in [0.5, 0.6) is 0 Å². The van der Waals surface area contributed by atoms with Crippen molar-refractivity contribution in [2.75, 3.05) is 26.8 Å². The molecule has 1 atom stereocenters. The van der Waals surface area contributed by atoms with E-state index in [2.05, 4.69) is 14.7 Å². The van der Waals surface area contributed by atoms with Crippen molar-refractivity contribution >= 4 is 32.8 Å². The Bertz CT molecular complexity index is 824. The molecule has 0 spiro atoms. The van der Waals surface area contributed by atoms with Crippen molar-refractivity contribution in [3.05, 3.63) is 29.0 Å². The van der Waals surface area contributed by atoms with Crippen LogP contribution in [0.3, 0.4) is 0 Å². The van der Waals surface area contributed by atoms with E-state index in [-0.39, 0.29) is 6.04 Å². The third-order valence-electron chi connectivity index (χ3n) is 4.36. The fourth-order valence-corrected chi connectivity index (χ4v) is 4.85. The van der Waals surface area contributed by atoms with Gasteiger partial charge in [0, 0.05) is 37.7 Å². The Hall–Kier alpha value is -1.19. The highest BCUT2D eigenvalue weighted by Gasteiger charge is 2.33. The van der Waals surface area contributed by atoms with E-state index < -0.39 is 10.2 Å². The fourth-order valence-electron chi connectivity index (χ4n) is 3.18. The summed E-state index contributed by atoms with van der Waals surface area (Å²) in [4.78, 5) is 7.70. The fraction of sp³-hybridized carbons (Fsp3) is 0.562. The van der Waals surface area contributed by atoms with E-state index in [9.17, 15) is 8.42 Å². The second-order valence-electron chi connectivity index (χ2n) is 6.21. The number of nitrogens with zero attached hydrogens (tertiary/aromatic N) is 2. The third-order valence-corrected chi connectivity index (χ3v) is 6.26. The van der Waals surface area contributed by atoms with Crippen molar-refractivity contribution in [1.82, 2.24) is 19.0 Å². The maximum Gasteiger partial charge on any atom is 0.279 e. The number of aryl methyl sites for hydroxylation is 1. The lowest BCUT2D eigenvalue weighted by molar-refractivity contribution is 0.148. The highest BCUT2D eigenvalue weighted by atomic mass is 35.5. The van der Waals surface area contributed by atoms with Crippen LogP contribution in [-0.4, -0.2) is 55.5 Å². The number of methoxy groups -OCH3 is 1. The van der Waals surface area contributed by atoms with Crippen LogP contribution < -0.4 is 4.72 Å². The molecule has 1 saturated heterocycles. The summed E-state index contributed by atoms with van der Waals surface area (Å²) >= 11 is 5.96. The number of hydrogen-bond donors (Lipinski definition) is 2. The zero-order chi connectivity index (χ0) is 17.9. The molecule has 25 heavy (non-hydrogen) atoms. The average molecular weight is 387 g/mol. The van der Waals surface area contributed by atoms with Crippen molar-refractivity contribution in [3.8, 4) is 0 Å². The zero-order valence-electron chi connectivity index (χ0n) is 14.2. The van der Waals surface area contributed by atoms with Crippen molar-refractivity contribution < 1.29 is 13.2 Å². The van der Waals surface area contributed by atoms with Crippen molar-refractivity contribution in [2.45, 2.75) is 31.7 Å². The van der Waals surface area contributed by atoms with Gasteiger partial charge in [-0.2, -0.15) is 12.7 Å². The first kappa shape index (κ1) is 18.6. The molecule has 1 aliphatic rings. The lowest BCUT2D eigenvalue weighted by Crippen LogP contribution is -2.45. The van der Waals surface area contributed by atoms with Crippen LogP contribution in [0.4, 0.5) is 0 Å². The van der Waals surface area contributed by atoms with Gasteiger partial charge in [-0.3, -0.25) is 0 Å². The highest BCUT2D eigenvalue weighted by molar-refractivity contribution is 7.87. The van der Waals surface area contributed by atoms with Gasteiger partial charge in [0.2, 0.25) is 0 Å². The quantitative estimate of drug-likeness (QED) is 0.680. The molecule has 0 amide bonds. The van der Waals surface area contributed by atoms with Crippen LogP contribution >= 0.6 is 11.6 Å². The van der Waals surface area contributed by atoms with Gasteiger partial charge in [0.05, 0.1) is 17.6 Å². The molecular weight excluding hydrogens is 364 g/mol. The summed E-state index contributed by atoms with van der Waals surface area (Å²) in [5.41, 5.74) is 1.75. The van der Waals surface area contributed by atoms with Crippen LogP contribution in [0.2, 0.25) is 5.02 Å². The standard InChI is InChI=1S/C16H23ClN4O3S/c1-24-11-13-4-3-9-21(13)25(22,23)18-8-2-5-16-19-14-7-6-12(17)10-15(14)20-16/h6-7,10,13,18H,2-5,8-9,11H2,1H3,(H,19,20). The molecule has 3 rings (SSSR count). The maximum absolute atomic E-state index is 12.4. The van der Waals surface area contributed by atoms with Gasteiger partial charge in [0.25, 0.3) is 10.2 Å². The summed E-state index contributed by atoms with van der Waals surface area (Å²) in [7, 11) is -1.87. The Morgan fingerprint density at radius 1 is 1.48 bits per heavy atom.